The molecular weight excluding hydrogens is 458 g/mol. The molecule has 2 amide bonds. The number of carbonyl (C=O) groups is 2. The van der Waals surface area contributed by atoms with E-state index in [0.717, 1.165) is 36.2 Å². The summed E-state index contributed by atoms with van der Waals surface area (Å²) in [6.07, 6.45) is 7.43. The molecule has 2 N–H and O–H groups in total. The van der Waals surface area contributed by atoms with E-state index >= 15 is 0 Å². The van der Waals surface area contributed by atoms with Crippen LogP contribution in [0.4, 0.5) is 11.4 Å². The number of hydrogen-bond acceptors (Lipinski definition) is 7. The highest BCUT2D eigenvalue weighted by Gasteiger charge is 2.23. The van der Waals surface area contributed by atoms with Gasteiger partial charge in [-0.2, -0.15) is 5.10 Å². The third-order valence-corrected chi connectivity index (χ3v) is 6.83. The summed E-state index contributed by atoms with van der Waals surface area (Å²) in [5.74, 6) is -0.509. The van der Waals surface area contributed by atoms with Gasteiger partial charge >= 0.3 is 0 Å². The van der Waals surface area contributed by atoms with E-state index in [1.165, 1.54) is 0 Å². The topological polar surface area (TPSA) is 122 Å². The zero-order valence-electron chi connectivity index (χ0n) is 20.8. The first-order chi connectivity index (χ1) is 17.3. The highest BCUT2D eigenvalue weighted by molar-refractivity contribution is 6.08. The first-order valence-electron chi connectivity index (χ1n) is 12.0. The first kappa shape index (κ1) is 23.6. The Kier molecular flexibility index (Phi) is 6.23. The van der Waals surface area contributed by atoms with Crippen LogP contribution in [-0.2, 0) is 11.8 Å². The van der Waals surface area contributed by atoms with E-state index in [-0.39, 0.29) is 11.6 Å². The monoisotopic (exact) mass is 487 g/mol. The second-order valence-corrected chi connectivity index (χ2v) is 9.27. The number of likely N-dealkylation sites (tertiary alicyclic amines) is 1. The summed E-state index contributed by atoms with van der Waals surface area (Å²) >= 11 is 0. The predicted octanol–water partition coefficient (Wildman–Crippen LogP) is 2.82. The Morgan fingerprint density at radius 1 is 1.17 bits per heavy atom. The Bertz CT molecular complexity index is 1460. The molecule has 0 spiro atoms. The van der Waals surface area contributed by atoms with Gasteiger partial charge in [0.2, 0.25) is 5.91 Å². The Morgan fingerprint density at radius 2 is 2.00 bits per heavy atom. The normalized spacial score (nSPS) is 15.9. The second kappa shape index (κ2) is 9.50. The molecule has 11 nitrogen and oxygen atoms in total. The number of fused-ring (bicyclic) bond motifs is 1. The van der Waals surface area contributed by atoms with E-state index in [0.29, 0.717) is 35.2 Å². The molecule has 5 heterocycles. The van der Waals surface area contributed by atoms with Crippen molar-refractivity contribution < 1.29 is 9.59 Å². The number of amides is 2. The Morgan fingerprint density at radius 3 is 2.72 bits per heavy atom. The molecule has 0 aromatic carbocycles. The molecule has 0 bridgehead atoms. The van der Waals surface area contributed by atoms with Crippen molar-refractivity contribution in [2.45, 2.75) is 39.7 Å². The lowest BCUT2D eigenvalue weighted by molar-refractivity contribution is -0.117. The summed E-state index contributed by atoms with van der Waals surface area (Å²) in [7, 11) is 1.89. The molecule has 1 aliphatic heterocycles. The molecule has 4 aromatic heterocycles. The molecule has 36 heavy (non-hydrogen) atoms. The number of nitrogens with one attached hydrogen (secondary N) is 2. The molecule has 0 saturated carbocycles. The number of rotatable bonds is 6. The van der Waals surface area contributed by atoms with E-state index in [1.54, 1.807) is 34.6 Å². The van der Waals surface area contributed by atoms with Gasteiger partial charge in [-0.1, -0.05) is 11.3 Å². The molecule has 0 radical (unpaired) electrons. The quantitative estimate of drug-likeness (QED) is 0.429. The van der Waals surface area contributed by atoms with Crippen LogP contribution in [0.1, 0.15) is 41.6 Å². The highest BCUT2D eigenvalue weighted by Crippen LogP contribution is 2.24. The first-order valence-corrected chi connectivity index (χ1v) is 12.0. The highest BCUT2D eigenvalue weighted by atomic mass is 16.2. The molecule has 1 atom stereocenters. The van der Waals surface area contributed by atoms with E-state index in [4.69, 9.17) is 0 Å². The lowest BCUT2D eigenvalue weighted by atomic mass is 10.1. The smallest absolute Gasteiger partial charge is 0.278 e. The number of anilines is 2. The third-order valence-electron chi connectivity index (χ3n) is 6.83. The molecule has 1 aliphatic rings. The van der Waals surface area contributed by atoms with Crippen LogP contribution in [0.15, 0.2) is 36.8 Å². The largest absolute Gasteiger partial charge is 0.324 e. The molecule has 11 heteroatoms. The molecule has 0 unspecified atom stereocenters. The molecule has 186 valence electrons. The molecule has 0 aliphatic carbocycles. The van der Waals surface area contributed by atoms with Gasteiger partial charge in [0, 0.05) is 36.1 Å². The Balaban J connectivity index is 1.31. The molecule has 5 rings (SSSR count). The minimum atomic E-state index is -0.408. The van der Waals surface area contributed by atoms with Crippen LogP contribution in [0, 0.1) is 13.8 Å². The third kappa shape index (κ3) is 4.57. The fourth-order valence-corrected chi connectivity index (χ4v) is 4.52. The zero-order chi connectivity index (χ0) is 25.4. The summed E-state index contributed by atoms with van der Waals surface area (Å²) in [5.41, 5.74) is 5.36. The summed E-state index contributed by atoms with van der Waals surface area (Å²) in [6, 6.07) is 5.85. The van der Waals surface area contributed by atoms with E-state index in [9.17, 15) is 9.59 Å². The van der Waals surface area contributed by atoms with Gasteiger partial charge in [-0.25, -0.2) is 4.52 Å². The summed E-state index contributed by atoms with van der Waals surface area (Å²) in [5, 5.41) is 18.3. The number of hydrogen-bond donors (Lipinski definition) is 2. The van der Waals surface area contributed by atoms with Crippen molar-refractivity contribution in [3.63, 3.8) is 0 Å². The Labute approximate surface area is 208 Å². The average Bonchev–Trinajstić information content (AvgIpc) is 3.55. The molecule has 4 aromatic rings. The van der Waals surface area contributed by atoms with Gasteiger partial charge in [0.05, 0.1) is 41.5 Å². The van der Waals surface area contributed by atoms with Gasteiger partial charge in [-0.3, -0.25) is 24.2 Å². The number of aryl methyl sites for hydroxylation is 2. The van der Waals surface area contributed by atoms with Gasteiger partial charge < -0.3 is 10.6 Å². The zero-order valence-corrected chi connectivity index (χ0v) is 20.8. The van der Waals surface area contributed by atoms with E-state index in [2.05, 4.69) is 42.9 Å². The minimum absolute atomic E-state index is 0.101. The number of carbonyl (C=O) groups excluding carboxylic acids is 2. The van der Waals surface area contributed by atoms with Crippen molar-refractivity contribution in [1.82, 2.24) is 34.5 Å². The summed E-state index contributed by atoms with van der Waals surface area (Å²) in [6.45, 7) is 7.18. The Hall–Kier alpha value is -4.12. The minimum Gasteiger partial charge on any atom is -0.324 e. The van der Waals surface area contributed by atoms with Crippen molar-refractivity contribution in [3.05, 3.63) is 53.9 Å². The molecular formula is C25H29N9O2. The summed E-state index contributed by atoms with van der Waals surface area (Å²) in [4.78, 5) is 32.1. The fourth-order valence-electron chi connectivity index (χ4n) is 4.52. The van der Waals surface area contributed by atoms with Crippen LogP contribution in [0.2, 0.25) is 0 Å². The van der Waals surface area contributed by atoms with Gasteiger partial charge in [-0.05, 0) is 52.3 Å². The summed E-state index contributed by atoms with van der Waals surface area (Å²) < 4.78 is 3.39. The maximum absolute atomic E-state index is 13.1. The predicted molar refractivity (Wildman–Crippen MR) is 136 cm³/mol. The molecule has 1 fully saturated rings. The van der Waals surface area contributed by atoms with Gasteiger partial charge in [0.1, 0.15) is 0 Å². The van der Waals surface area contributed by atoms with Crippen LogP contribution in [-0.4, -0.2) is 65.4 Å². The van der Waals surface area contributed by atoms with Gasteiger partial charge in [0.25, 0.3) is 5.91 Å². The van der Waals surface area contributed by atoms with Crippen LogP contribution in [0.5, 0.6) is 0 Å². The van der Waals surface area contributed by atoms with Crippen molar-refractivity contribution in [2.24, 2.45) is 7.05 Å². The van der Waals surface area contributed by atoms with Crippen molar-refractivity contribution >= 4 is 28.7 Å². The number of pyridine rings is 2. The van der Waals surface area contributed by atoms with Crippen LogP contribution >= 0.6 is 0 Å². The fraction of sp³-hybridized carbons (Fsp3) is 0.360. The number of nitrogens with zero attached hydrogens (tertiary/aromatic N) is 7. The average molecular weight is 488 g/mol. The van der Waals surface area contributed by atoms with Crippen molar-refractivity contribution in [3.8, 4) is 11.1 Å². The van der Waals surface area contributed by atoms with Gasteiger partial charge in [-0.15, -0.1) is 5.10 Å². The lowest BCUT2D eigenvalue weighted by Gasteiger charge is -2.20. The molecule has 1 saturated heterocycles. The van der Waals surface area contributed by atoms with Crippen LogP contribution in [0.3, 0.4) is 0 Å². The second-order valence-electron chi connectivity index (χ2n) is 9.27. The van der Waals surface area contributed by atoms with E-state index in [1.807, 2.05) is 32.3 Å². The van der Waals surface area contributed by atoms with Crippen molar-refractivity contribution in [1.29, 1.82) is 0 Å². The van der Waals surface area contributed by atoms with Crippen molar-refractivity contribution in [2.75, 3.05) is 23.7 Å². The van der Waals surface area contributed by atoms with Crippen LogP contribution < -0.4 is 10.6 Å². The number of aromatic nitrogens is 6. The van der Waals surface area contributed by atoms with Crippen LogP contribution in [0.25, 0.3) is 16.6 Å². The SMILES string of the molecule is Cc1ncc(NC(=O)CN2CCC[C@@H]2C)cc1NC(=O)c1nnn2cc(-c3cnn(C)c3C)ccc12. The standard InChI is InChI=1S/C25H29N9O2/c1-15-6-5-9-33(15)14-23(35)28-19-10-21(16(2)26-11-19)29-25(36)24-22-8-7-18(13-34(22)31-30-24)20-12-27-32(4)17(20)3/h7-8,10-13,15H,5-6,9,14H2,1-4H3,(H,28,35)(H,29,36)/t15-/m0/s1. The van der Waals surface area contributed by atoms with Gasteiger partial charge in [0.15, 0.2) is 5.69 Å². The van der Waals surface area contributed by atoms with E-state index < -0.39 is 5.91 Å². The maximum Gasteiger partial charge on any atom is 0.278 e. The lowest BCUT2D eigenvalue weighted by Crippen LogP contribution is -2.35. The maximum atomic E-state index is 13.1.